The van der Waals surface area contributed by atoms with E-state index in [1.165, 1.54) is 0 Å². The molecule has 1 aromatic heterocycles. The summed E-state index contributed by atoms with van der Waals surface area (Å²) >= 11 is 0. The van der Waals surface area contributed by atoms with Crippen LogP contribution in [0.3, 0.4) is 0 Å². The van der Waals surface area contributed by atoms with Crippen LogP contribution in [0.1, 0.15) is 17.4 Å². The van der Waals surface area contributed by atoms with Crippen molar-refractivity contribution in [2.45, 2.75) is 12.6 Å². The van der Waals surface area contributed by atoms with Gasteiger partial charge in [0.1, 0.15) is 17.1 Å². The van der Waals surface area contributed by atoms with Crippen molar-refractivity contribution in [1.82, 2.24) is 10.6 Å². The fraction of sp³-hybridized carbons (Fsp3) is 0.211. The van der Waals surface area contributed by atoms with E-state index in [4.69, 9.17) is 9.15 Å². The van der Waals surface area contributed by atoms with E-state index in [-0.39, 0.29) is 19.1 Å². The van der Waals surface area contributed by atoms with Crippen LogP contribution in [-0.4, -0.2) is 24.8 Å². The third kappa shape index (κ3) is 4.30. The molecule has 0 aliphatic carbocycles. The normalized spacial score (nSPS) is 11.9. The van der Waals surface area contributed by atoms with E-state index in [9.17, 15) is 9.90 Å². The number of furan rings is 1. The monoisotopic (exact) mass is 340 g/mol. The van der Waals surface area contributed by atoms with E-state index in [0.29, 0.717) is 17.1 Å². The van der Waals surface area contributed by atoms with E-state index in [0.717, 1.165) is 11.0 Å². The number of amides is 2. The lowest BCUT2D eigenvalue weighted by atomic mass is 10.1. The number of aliphatic hydroxyl groups excluding tert-OH is 1. The zero-order valence-electron chi connectivity index (χ0n) is 13.9. The molecular formula is C19H20N2O4. The molecule has 1 unspecified atom stereocenters. The van der Waals surface area contributed by atoms with Gasteiger partial charge in [0.25, 0.3) is 0 Å². The number of carbonyl (C=O) groups is 1. The summed E-state index contributed by atoms with van der Waals surface area (Å²) in [4.78, 5) is 11.9. The van der Waals surface area contributed by atoms with Crippen molar-refractivity contribution in [3.05, 3.63) is 65.9 Å². The molecule has 0 aliphatic rings. The quantitative estimate of drug-likeness (QED) is 0.644. The number of para-hydroxylation sites is 1. The minimum Gasteiger partial charge on any atom is -0.497 e. The number of benzene rings is 2. The van der Waals surface area contributed by atoms with Gasteiger partial charge < -0.3 is 24.9 Å². The molecule has 6 heteroatoms. The van der Waals surface area contributed by atoms with Crippen LogP contribution in [0.2, 0.25) is 0 Å². The highest BCUT2D eigenvalue weighted by Crippen LogP contribution is 2.19. The van der Waals surface area contributed by atoms with Crippen molar-refractivity contribution in [1.29, 1.82) is 0 Å². The van der Waals surface area contributed by atoms with Gasteiger partial charge in [-0.25, -0.2) is 4.79 Å². The third-order valence-electron chi connectivity index (χ3n) is 3.83. The van der Waals surface area contributed by atoms with Crippen LogP contribution in [0.4, 0.5) is 4.79 Å². The van der Waals surface area contributed by atoms with Gasteiger partial charge in [0.15, 0.2) is 0 Å². The van der Waals surface area contributed by atoms with Crippen LogP contribution in [0, 0.1) is 0 Å². The summed E-state index contributed by atoms with van der Waals surface area (Å²) in [6.45, 7) is 0.370. The van der Waals surface area contributed by atoms with E-state index in [1.807, 2.05) is 30.3 Å². The van der Waals surface area contributed by atoms with Crippen molar-refractivity contribution >= 4 is 17.0 Å². The molecule has 1 heterocycles. The molecule has 3 aromatic rings. The van der Waals surface area contributed by atoms with Gasteiger partial charge in [0.05, 0.1) is 19.8 Å². The summed E-state index contributed by atoms with van der Waals surface area (Å²) in [6, 6.07) is 16.3. The van der Waals surface area contributed by atoms with E-state index in [1.54, 1.807) is 31.4 Å². The van der Waals surface area contributed by atoms with Crippen molar-refractivity contribution in [2.75, 3.05) is 13.7 Å². The summed E-state index contributed by atoms with van der Waals surface area (Å²) in [6.07, 6.45) is -0.813. The highest BCUT2D eigenvalue weighted by Gasteiger charge is 2.11. The number of rotatable bonds is 6. The smallest absolute Gasteiger partial charge is 0.315 e. The number of fused-ring (bicyclic) bond motifs is 1. The van der Waals surface area contributed by atoms with Crippen LogP contribution in [0.15, 0.2) is 59.0 Å². The molecule has 2 amide bonds. The van der Waals surface area contributed by atoms with E-state index in [2.05, 4.69) is 10.6 Å². The maximum absolute atomic E-state index is 11.9. The second-order valence-electron chi connectivity index (χ2n) is 5.61. The fourth-order valence-electron chi connectivity index (χ4n) is 2.51. The van der Waals surface area contributed by atoms with Crippen molar-refractivity contribution in [3.8, 4) is 5.75 Å². The highest BCUT2D eigenvalue weighted by molar-refractivity contribution is 5.78. The molecule has 1 atom stereocenters. The number of urea groups is 1. The summed E-state index contributed by atoms with van der Waals surface area (Å²) < 4.78 is 10.8. The molecule has 0 bridgehead atoms. The second kappa shape index (κ2) is 7.72. The molecule has 0 saturated carbocycles. The molecule has 25 heavy (non-hydrogen) atoms. The minimum absolute atomic E-state index is 0.0964. The average molecular weight is 340 g/mol. The highest BCUT2D eigenvalue weighted by atomic mass is 16.5. The maximum atomic E-state index is 11.9. The van der Waals surface area contributed by atoms with Crippen LogP contribution in [0.5, 0.6) is 5.75 Å². The van der Waals surface area contributed by atoms with Gasteiger partial charge in [-0.15, -0.1) is 0 Å². The lowest BCUT2D eigenvalue weighted by Gasteiger charge is -2.13. The Hall–Kier alpha value is -2.99. The molecule has 130 valence electrons. The number of carbonyl (C=O) groups excluding carboxylic acids is 1. The van der Waals surface area contributed by atoms with Crippen LogP contribution < -0.4 is 15.4 Å². The predicted octanol–water partition coefficient (Wildman–Crippen LogP) is 2.97. The minimum atomic E-state index is -0.813. The molecule has 3 rings (SSSR count). The Bertz CT molecular complexity index is 826. The zero-order chi connectivity index (χ0) is 17.6. The van der Waals surface area contributed by atoms with Crippen LogP contribution in [-0.2, 0) is 6.54 Å². The van der Waals surface area contributed by atoms with Gasteiger partial charge in [-0.1, -0.05) is 30.3 Å². The number of ether oxygens (including phenoxy) is 1. The number of methoxy groups -OCH3 is 1. The summed E-state index contributed by atoms with van der Waals surface area (Å²) in [7, 11) is 1.56. The SMILES string of the molecule is COc1cccc(C(O)CNC(=O)NCc2cc3ccccc3o2)c1. The van der Waals surface area contributed by atoms with Gasteiger partial charge in [0.2, 0.25) is 0 Å². The standard InChI is InChI=1S/C19H20N2O4/c1-24-15-7-4-6-13(9-15)17(22)12-21-19(23)20-11-16-10-14-5-2-3-8-18(14)25-16/h2-10,17,22H,11-12H2,1H3,(H2,20,21,23). The molecule has 0 spiro atoms. The van der Waals surface area contributed by atoms with Gasteiger partial charge >= 0.3 is 6.03 Å². The van der Waals surface area contributed by atoms with Crippen LogP contribution in [0.25, 0.3) is 11.0 Å². The zero-order valence-corrected chi connectivity index (χ0v) is 13.9. The Balaban J connectivity index is 1.48. The Morgan fingerprint density at radius 2 is 2.00 bits per heavy atom. The van der Waals surface area contributed by atoms with Gasteiger partial charge in [0, 0.05) is 11.9 Å². The lowest BCUT2D eigenvalue weighted by Crippen LogP contribution is -2.37. The van der Waals surface area contributed by atoms with E-state index >= 15 is 0 Å². The second-order valence-corrected chi connectivity index (χ2v) is 5.61. The molecule has 0 fully saturated rings. The molecule has 0 saturated heterocycles. The Labute approximate surface area is 145 Å². The number of aliphatic hydroxyl groups is 1. The Morgan fingerprint density at radius 1 is 1.16 bits per heavy atom. The number of nitrogens with one attached hydrogen (secondary N) is 2. The largest absolute Gasteiger partial charge is 0.497 e. The van der Waals surface area contributed by atoms with Crippen molar-refractivity contribution in [3.63, 3.8) is 0 Å². The first-order valence-electron chi connectivity index (χ1n) is 7.97. The summed E-state index contributed by atoms with van der Waals surface area (Å²) in [5.74, 6) is 1.33. The first kappa shape index (κ1) is 16.9. The average Bonchev–Trinajstić information content (AvgIpc) is 3.07. The van der Waals surface area contributed by atoms with Crippen LogP contribution >= 0.6 is 0 Å². The van der Waals surface area contributed by atoms with Crippen molar-refractivity contribution in [2.24, 2.45) is 0 Å². The first-order chi connectivity index (χ1) is 12.2. The topological polar surface area (TPSA) is 83.7 Å². The summed E-state index contributed by atoms with van der Waals surface area (Å²) in [5.41, 5.74) is 1.46. The molecule has 3 N–H and O–H groups in total. The maximum Gasteiger partial charge on any atom is 0.315 e. The summed E-state index contributed by atoms with van der Waals surface area (Å²) in [5, 5.41) is 16.5. The predicted molar refractivity (Wildman–Crippen MR) is 94.4 cm³/mol. The van der Waals surface area contributed by atoms with Gasteiger partial charge in [-0.2, -0.15) is 0 Å². The van der Waals surface area contributed by atoms with Gasteiger partial charge in [-0.3, -0.25) is 0 Å². The molecular weight excluding hydrogens is 320 g/mol. The number of hydrogen-bond donors (Lipinski definition) is 3. The molecule has 2 aromatic carbocycles. The third-order valence-corrected chi connectivity index (χ3v) is 3.83. The molecule has 0 radical (unpaired) electrons. The number of hydrogen-bond acceptors (Lipinski definition) is 4. The Kier molecular flexibility index (Phi) is 5.20. The molecule has 0 aliphatic heterocycles. The van der Waals surface area contributed by atoms with E-state index < -0.39 is 6.10 Å². The first-order valence-corrected chi connectivity index (χ1v) is 7.97. The van der Waals surface area contributed by atoms with Crippen molar-refractivity contribution < 1.29 is 19.1 Å². The lowest BCUT2D eigenvalue weighted by molar-refractivity contribution is 0.172. The van der Waals surface area contributed by atoms with Gasteiger partial charge in [-0.05, 0) is 29.8 Å². The Morgan fingerprint density at radius 3 is 2.80 bits per heavy atom. The molecule has 6 nitrogen and oxygen atoms in total. The fourth-order valence-corrected chi connectivity index (χ4v) is 2.51.